The molecule has 1 fully saturated rings. The van der Waals surface area contributed by atoms with Crippen molar-refractivity contribution in [3.05, 3.63) is 41.1 Å². The van der Waals surface area contributed by atoms with Gasteiger partial charge in [0, 0.05) is 25.2 Å². The van der Waals surface area contributed by atoms with E-state index in [4.69, 9.17) is 17.3 Å². The monoisotopic (exact) mass is 402 g/mol. The third-order valence-corrected chi connectivity index (χ3v) is 5.13. The number of benzene rings is 1. The minimum atomic E-state index is -4.49. The van der Waals surface area contributed by atoms with E-state index >= 15 is 0 Å². The zero-order chi connectivity index (χ0) is 19.8. The number of alkyl halides is 3. The van der Waals surface area contributed by atoms with Crippen LogP contribution in [-0.2, 0) is 4.79 Å². The Morgan fingerprint density at radius 1 is 1.22 bits per heavy atom. The second kappa shape index (κ2) is 7.30. The van der Waals surface area contributed by atoms with E-state index in [0.717, 1.165) is 5.56 Å². The molecule has 2 aliphatic heterocycles. The smallest absolute Gasteiger partial charge is 0.369 e. The van der Waals surface area contributed by atoms with Crippen molar-refractivity contribution < 1.29 is 22.8 Å². The Morgan fingerprint density at radius 3 is 2.48 bits per heavy atom. The highest BCUT2D eigenvalue weighted by molar-refractivity contribution is 6.33. The summed E-state index contributed by atoms with van der Waals surface area (Å²) in [7, 11) is 0. The van der Waals surface area contributed by atoms with Gasteiger partial charge in [-0.2, -0.15) is 13.2 Å². The van der Waals surface area contributed by atoms with Crippen LogP contribution >= 0.6 is 11.6 Å². The predicted octanol–water partition coefficient (Wildman–Crippen LogP) is 1.97. The number of carbonyl (C=O) groups is 2. The lowest BCUT2D eigenvalue weighted by Gasteiger charge is -2.40. The molecule has 27 heavy (non-hydrogen) atoms. The Kier molecular flexibility index (Phi) is 5.23. The number of nitrogens with one attached hydrogen (secondary N) is 1. The Balaban J connectivity index is 1.81. The van der Waals surface area contributed by atoms with E-state index in [1.807, 2.05) is 11.4 Å². The molecule has 3 rings (SSSR count). The normalized spacial score (nSPS) is 22.7. The first kappa shape index (κ1) is 19.3. The first-order valence-electron chi connectivity index (χ1n) is 8.29. The molecular weight excluding hydrogens is 385 g/mol. The average molecular weight is 403 g/mol. The number of piperazine rings is 1. The zero-order valence-electron chi connectivity index (χ0n) is 14.2. The molecule has 2 heterocycles. The fourth-order valence-electron chi connectivity index (χ4n) is 3.53. The first-order chi connectivity index (χ1) is 12.7. The van der Waals surface area contributed by atoms with E-state index in [1.54, 1.807) is 29.2 Å². The molecule has 2 unspecified atom stereocenters. The molecule has 1 aromatic rings. The maximum atomic E-state index is 12.3. The molecule has 1 aromatic carbocycles. The number of amides is 3. The second-order valence-electron chi connectivity index (χ2n) is 6.43. The fourth-order valence-corrected chi connectivity index (χ4v) is 3.97. The lowest BCUT2D eigenvalue weighted by atomic mass is 9.88. The van der Waals surface area contributed by atoms with Gasteiger partial charge in [0.1, 0.15) is 11.7 Å². The fraction of sp³-hybridized carbons (Fsp3) is 0.412. The molecule has 0 radical (unpaired) electrons. The van der Waals surface area contributed by atoms with Crippen molar-refractivity contribution in [1.29, 1.82) is 0 Å². The summed E-state index contributed by atoms with van der Waals surface area (Å²) in [4.78, 5) is 27.3. The Bertz CT molecular complexity index is 769. The summed E-state index contributed by atoms with van der Waals surface area (Å²) in [6.45, 7) is -0.888. The van der Waals surface area contributed by atoms with Gasteiger partial charge in [0.25, 0.3) is 0 Å². The van der Waals surface area contributed by atoms with Crippen LogP contribution in [0, 0.1) is 5.92 Å². The van der Waals surface area contributed by atoms with E-state index < -0.39 is 36.6 Å². The quantitative estimate of drug-likeness (QED) is 0.759. The SMILES string of the molecule is NC(=O)C1C(c2ccccc2)=C(Cl)N2CCN(C(=O)NCC(F)(F)F)CC12. The summed E-state index contributed by atoms with van der Waals surface area (Å²) in [5.41, 5.74) is 6.93. The standard InChI is InChI=1S/C17H18ClF3N4O2/c18-14-12(10-4-2-1-3-5-10)13(15(22)26)11-8-24(6-7-25(11)14)16(27)23-9-17(19,20)21/h1-5,11,13H,6-9H2,(H2,22,26)(H,23,27). The summed E-state index contributed by atoms with van der Waals surface area (Å²) in [6.07, 6.45) is -4.49. The lowest BCUT2D eigenvalue weighted by molar-refractivity contribution is -0.123. The number of halogens is 4. The van der Waals surface area contributed by atoms with Gasteiger partial charge in [0.15, 0.2) is 0 Å². The molecule has 2 aliphatic rings. The Labute approximate surface area is 158 Å². The average Bonchev–Trinajstić information content (AvgIpc) is 2.92. The summed E-state index contributed by atoms with van der Waals surface area (Å²) in [6, 6.07) is 7.69. The minimum absolute atomic E-state index is 0.0455. The van der Waals surface area contributed by atoms with Crippen molar-refractivity contribution in [3.8, 4) is 0 Å². The van der Waals surface area contributed by atoms with Gasteiger partial charge in [-0.3, -0.25) is 4.79 Å². The number of fused-ring (bicyclic) bond motifs is 1. The van der Waals surface area contributed by atoms with Crippen LogP contribution in [0.1, 0.15) is 5.56 Å². The van der Waals surface area contributed by atoms with E-state index in [9.17, 15) is 22.8 Å². The molecule has 146 valence electrons. The molecule has 0 bridgehead atoms. The van der Waals surface area contributed by atoms with Crippen LogP contribution in [0.15, 0.2) is 35.5 Å². The Hall–Kier alpha value is -2.42. The van der Waals surface area contributed by atoms with Gasteiger partial charge in [-0.25, -0.2) is 4.79 Å². The highest BCUT2D eigenvalue weighted by atomic mass is 35.5. The number of hydrogen-bond donors (Lipinski definition) is 2. The van der Waals surface area contributed by atoms with Gasteiger partial charge in [0.05, 0.1) is 12.0 Å². The zero-order valence-corrected chi connectivity index (χ0v) is 14.9. The molecule has 0 aromatic heterocycles. The van der Waals surface area contributed by atoms with Crippen molar-refractivity contribution >= 4 is 29.1 Å². The predicted molar refractivity (Wildman–Crippen MR) is 93.4 cm³/mol. The maximum absolute atomic E-state index is 12.3. The van der Waals surface area contributed by atoms with E-state index in [1.165, 1.54) is 4.90 Å². The van der Waals surface area contributed by atoms with Gasteiger partial charge in [-0.15, -0.1) is 0 Å². The Morgan fingerprint density at radius 2 is 1.89 bits per heavy atom. The highest BCUT2D eigenvalue weighted by Crippen LogP contribution is 2.43. The number of hydrogen-bond acceptors (Lipinski definition) is 3. The molecule has 6 nitrogen and oxygen atoms in total. The van der Waals surface area contributed by atoms with Crippen LogP contribution < -0.4 is 11.1 Å². The van der Waals surface area contributed by atoms with E-state index in [-0.39, 0.29) is 13.1 Å². The summed E-state index contributed by atoms with van der Waals surface area (Å²) in [5.74, 6) is -1.37. The molecule has 0 spiro atoms. The van der Waals surface area contributed by atoms with Crippen LogP contribution in [0.25, 0.3) is 5.57 Å². The second-order valence-corrected chi connectivity index (χ2v) is 6.79. The first-order valence-corrected chi connectivity index (χ1v) is 8.67. The van der Waals surface area contributed by atoms with Crippen LogP contribution in [-0.4, -0.2) is 60.1 Å². The topological polar surface area (TPSA) is 78.7 Å². The largest absolute Gasteiger partial charge is 0.405 e. The van der Waals surface area contributed by atoms with Gasteiger partial charge in [0.2, 0.25) is 5.91 Å². The van der Waals surface area contributed by atoms with Crippen molar-refractivity contribution in [1.82, 2.24) is 15.1 Å². The van der Waals surface area contributed by atoms with E-state index in [0.29, 0.717) is 17.3 Å². The third kappa shape index (κ3) is 3.97. The van der Waals surface area contributed by atoms with Crippen molar-refractivity contribution in [2.45, 2.75) is 12.2 Å². The minimum Gasteiger partial charge on any atom is -0.369 e. The molecule has 0 aliphatic carbocycles. The van der Waals surface area contributed by atoms with Crippen molar-refractivity contribution in [2.75, 3.05) is 26.2 Å². The number of nitrogens with two attached hydrogens (primary N) is 1. The number of urea groups is 1. The van der Waals surface area contributed by atoms with Gasteiger partial charge >= 0.3 is 12.2 Å². The molecule has 2 atom stereocenters. The van der Waals surface area contributed by atoms with Crippen molar-refractivity contribution in [3.63, 3.8) is 0 Å². The summed E-state index contributed by atoms with van der Waals surface area (Å²) < 4.78 is 37.0. The third-order valence-electron chi connectivity index (χ3n) is 4.71. The maximum Gasteiger partial charge on any atom is 0.405 e. The van der Waals surface area contributed by atoms with Crippen molar-refractivity contribution in [2.24, 2.45) is 11.7 Å². The molecule has 3 amide bonds. The number of rotatable bonds is 3. The number of primary amides is 1. The molecular formula is C17H18ClF3N4O2. The lowest BCUT2D eigenvalue weighted by Crippen LogP contribution is -2.58. The summed E-state index contributed by atoms with van der Waals surface area (Å²) >= 11 is 6.50. The number of carbonyl (C=O) groups excluding carboxylic acids is 2. The van der Waals surface area contributed by atoms with Crippen LogP contribution in [0.5, 0.6) is 0 Å². The number of nitrogens with zero attached hydrogens (tertiary/aromatic N) is 2. The van der Waals surface area contributed by atoms with Crippen LogP contribution in [0.4, 0.5) is 18.0 Å². The van der Waals surface area contributed by atoms with E-state index in [2.05, 4.69) is 0 Å². The van der Waals surface area contributed by atoms with Crippen LogP contribution in [0.2, 0.25) is 0 Å². The molecule has 10 heteroatoms. The van der Waals surface area contributed by atoms with Gasteiger partial charge < -0.3 is 20.9 Å². The molecule has 0 saturated carbocycles. The summed E-state index contributed by atoms with van der Waals surface area (Å²) in [5, 5.41) is 2.23. The highest BCUT2D eigenvalue weighted by Gasteiger charge is 2.47. The van der Waals surface area contributed by atoms with Gasteiger partial charge in [-0.05, 0) is 5.56 Å². The molecule has 1 saturated heterocycles. The van der Waals surface area contributed by atoms with Gasteiger partial charge in [-0.1, -0.05) is 41.9 Å². The van der Waals surface area contributed by atoms with Crippen LogP contribution in [0.3, 0.4) is 0 Å². The molecule has 3 N–H and O–H groups in total.